The standard InChI is InChI=1S/C29H30N6O2/c1-17-8-13-21(16-32-17)33-29(36)20-11-9-19(10-12-20)28-34-24(25-27(30-3)31-14-15-35(25)28)26-18(2)22-6-4-5-7-23(22)37-26/h4-8,13-16,19-20H,9-12H2,1-3H3,(H,30,31)(H,33,36). The summed E-state index contributed by atoms with van der Waals surface area (Å²) in [4.78, 5) is 26.9. The second kappa shape index (κ2) is 9.35. The van der Waals surface area contributed by atoms with E-state index in [1.807, 2.05) is 50.5 Å². The number of benzene rings is 1. The van der Waals surface area contributed by atoms with Gasteiger partial charge in [-0.25, -0.2) is 9.97 Å². The van der Waals surface area contributed by atoms with Crippen LogP contribution in [-0.2, 0) is 4.79 Å². The van der Waals surface area contributed by atoms with Gasteiger partial charge < -0.3 is 15.1 Å². The molecule has 4 heterocycles. The molecule has 0 saturated heterocycles. The summed E-state index contributed by atoms with van der Waals surface area (Å²) >= 11 is 0. The molecule has 37 heavy (non-hydrogen) atoms. The van der Waals surface area contributed by atoms with Crippen LogP contribution in [0.1, 0.15) is 48.7 Å². The van der Waals surface area contributed by atoms with Gasteiger partial charge >= 0.3 is 0 Å². The van der Waals surface area contributed by atoms with E-state index in [-0.39, 0.29) is 17.7 Å². The lowest BCUT2D eigenvalue weighted by atomic mass is 9.81. The Hall–Kier alpha value is -4.20. The fourth-order valence-corrected chi connectivity index (χ4v) is 5.49. The predicted molar refractivity (Wildman–Crippen MR) is 145 cm³/mol. The summed E-state index contributed by atoms with van der Waals surface area (Å²) in [7, 11) is 1.87. The van der Waals surface area contributed by atoms with Gasteiger partial charge in [-0.3, -0.25) is 14.2 Å². The third-order valence-corrected chi connectivity index (χ3v) is 7.52. The Kier molecular flexibility index (Phi) is 5.87. The molecule has 1 amide bonds. The van der Waals surface area contributed by atoms with Crippen molar-refractivity contribution in [2.45, 2.75) is 45.4 Å². The number of hydrogen-bond donors (Lipinski definition) is 2. The number of nitrogens with zero attached hydrogens (tertiary/aromatic N) is 4. The van der Waals surface area contributed by atoms with E-state index in [2.05, 4.69) is 38.0 Å². The van der Waals surface area contributed by atoms with Crippen molar-refractivity contribution < 1.29 is 9.21 Å². The number of carbonyl (C=O) groups is 1. The van der Waals surface area contributed by atoms with Gasteiger partial charge in [0.2, 0.25) is 5.91 Å². The van der Waals surface area contributed by atoms with Crippen LogP contribution in [0.4, 0.5) is 11.5 Å². The van der Waals surface area contributed by atoms with Crippen LogP contribution in [0.5, 0.6) is 0 Å². The first-order chi connectivity index (χ1) is 18.0. The first kappa shape index (κ1) is 23.2. The fraction of sp³-hybridized carbons (Fsp3) is 0.310. The number of hydrogen-bond acceptors (Lipinski definition) is 6. The van der Waals surface area contributed by atoms with Crippen molar-refractivity contribution in [2.24, 2.45) is 5.92 Å². The Morgan fingerprint density at radius 2 is 1.86 bits per heavy atom. The van der Waals surface area contributed by atoms with E-state index >= 15 is 0 Å². The Bertz CT molecular complexity index is 1590. The van der Waals surface area contributed by atoms with Crippen molar-refractivity contribution in [1.82, 2.24) is 19.4 Å². The maximum Gasteiger partial charge on any atom is 0.227 e. The number of fused-ring (bicyclic) bond motifs is 2. The van der Waals surface area contributed by atoms with Crippen LogP contribution in [-0.4, -0.2) is 32.3 Å². The third kappa shape index (κ3) is 4.12. The molecule has 2 N–H and O–H groups in total. The average Bonchev–Trinajstić information content (AvgIpc) is 3.48. The number of anilines is 2. The van der Waals surface area contributed by atoms with Crippen molar-refractivity contribution >= 4 is 33.9 Å². The second-order valence-electron chi connectivity index (χ2n) is 9.84. The van der Waals surface area contributed by atoms with Gasteiger partial charge in [0.25, 0.3) is 0 Å². The van der Waals surface area contributed by atoms with Gasteiger partial charge in [0.15, 0.2) is 11.6 Å². The van der Waals surface area contributed by atoms with Crippen LogP contribution in [0, 0.1) is 19.8 Å². The third-order valence-electron chi connectivity index (χ3n) is 7.52. The molecule has 0 unspecified atom stereocenters. The van der Waals surface area contributed by atoms with Crippen molar-refractivity contribution in [3.63, 3.8) is 0 Å². The Balaban J connectivity index is 1.30. The molecule has 8 nitrogen and oxygen atoms in total. The molecular formula is C29H30N6O2. The molecule has 1 fully saturated rings. The highest BCUT2D eigenvalue weighted by Gasteiger charge is 2.31. The molecule has 0 radical (unpaired) electrons. The minimum absolute atomic E-state index is 0.0181. The Morgan fingerprint density at radius 1 is 1.05 bits per heavy atom. The van der Waals surface area contributed by atoms with Gasteiger partial charge in [0.05, 0.1) is 11.9 Å². The van der Waals surface area contributed by atoms with Crippen LogP contribution in [0.25, 0.3) is 27.9 Å². The van der Waals surface area contributed by atoms with Crippen LogP contribution in [0.2, 0.25) is 0 Å². The van der Waals surface area contributed by atoms with E-state index < -0.39 is 0 Å². The van der Waals surface area contributed by atoms with Gasteiger partial charge in [-0.05, 0) is 57.7 Å². The minimum Gasteiger partial charge on any atom is -0.454 e. The van der Waals surface area contributed by atoms with E-state index in [9.17, 15) is 4.79 Å². The van der Waals surface area contributed by atoms with Gasteiger partial charge in [0, 0.05) is 47.9 Å². The highest BCUT2D eigenvalue weighted by Crippen LogP contribution is 2.41. The van der Waals surface area contributed by atoms with Crippen molar-refractivity contribution in [2.75, 3.05) is 17.7 Å². The number of rotatable bonds is 5. The largest absolute Gasteiger partial charge is 0.454 e. The summed E-state index contributed by atoms with van der Waals surface area (Å²) in [6, 6.07) is 11.9. The van der Waals surface area contributed by atoms with E-state index in [1.54, 1.807) is 12.4 Å². The molecule has 0 bridgehead atoms. The molecule has 8 heteroatoms. The lowest BCUT2D eigenvalue weighted by Gasteiger charge is -2.27. The van der Waals surface area contributed by atoms with E-state index in [1.165, 1.54) is 0 Å². The summed E-state index contributed by atoms with van der Waals surface area (Å²) in [5.74, 6) is 2.81. The summed E-state index contributed by atoms with van der Waals surface area (Å²) in [6.45, 7) is 4.01. The molecule has 1 aliphatic carbocycles. The van der Waals surface area contributed by atoms with Crippen molar-refractivity contribution in [3.05, 3.63) is 72.1 Å². The molecule has 5 aromatic rings. The summed E-state index contributed by atoms with van der Waals surface area (Å²) in [6.07, 6.45) is 8.89. The van der Waals surface area contributed by atoms with Gasteiger partial charge in [-0.1, -0.05) is 18.2 Å². The summed E-state index contributed by atoms with van der Waals surface area (Å²) < 4.78 is 8.46. The molecule has 1 saturated carbocycles. The molecular weight excluding hydrogens is 464 g/mol. The summed E-state index contributed by atoms with van der Waals surface area (Å²) in [5, 5.41) is 7.35. The van der Waals surface area contributed by atoms with E-state index in [0.717, 1.165) is 82.2 Å². The number of aromatic nitrogens is 4. The lowest BCUT2D eigenvalue weighted by Crippen LogP contribution is -2.27. The molecule has 0 aliphatic heterocycles. The zero-order valence-electron chi connectivity index (χ0n) is 21.3. The Morgan fingerprint density at radius 3 is 2.59 bits per heavy atom. The first-order valence-electron chi connectivity index (χ1n) is 12.8. The molecule has 1 aromatic carbocycles. The zero-order valence-corrected chi connectivity index (χ0v) is 21.3. The molecule has 188 valence electrons. The number of para-hydroxylation sites is 1. The molecule has 0 atom stereocenters. The number of pyridine rings is 1. The van der Waals surface area contributed by atoms with Gasteiger partial charge in [-0.15, -0.1) is 0 Å². The number of carbonyl (C=O) groups excluding carboxylic acids is 1. The SMILES string of the molecule is CNc1nccn2c(C3CCC(C(=O)Nc4ccc(C)nc4)CC3)nc(-c3oc4ccccc4c3C)c12. The first-order valence-corrected chi connectivity index (χ1v) is 12.8. The lowest BCUT2D eigenvalue weighted by molar-refractivity contribution is -0.120. The zero-order chi connectivity index (χ0) is 25.5. The van der Waals surface area contributed by atoms with Crippen molar-refractivity contribution in [3.8, 4) is 11.5 Å². The van der Waals surface area contributed by atoms with Crippen LogP contribution in [0.15, 0.2) is 59.4 Å². The quantitative estimate of drug-likeness (QED) is 0.306. The normalized spacial score (nSPS) is 17.8. The van der Waals surface area contributed by atoms with Crippen LogP contribution < -0.4 is 10.6 Å². The average molecular weight is 495 g/mol. The minimum atomic E-state index is -0.0181. The van der Waals surface area contributed by atoms with E-state index in [4.69, 9.17) is 9.40 Å². The monoisotopic (exact) mass is 494 g/mol. The topological polar surface area (TPSA) is 97.4 Å². The molecule has 6 rings (SSSR count). The fourth-order valence-electron chi connectivity index (χ4n) is 5.49. The number of furan rings is 1. The highest BCUT2D eigenvalue weighted by molar-refractivity contribution is 5.93. The predicted octanol–water partition coefficient (Wildman–Crippen LogP) is 6.11. The smallest absolute Gasteiger partial charge is 0.227 e. The van der Waals surface area contributed by atoms with Crippen LogP contribution >= 0.6 is 0 Å². The van der Waals surface area contributed by atoms with Crippen LogP contribution in [0.3, 0.4) is 0 Å². The number of nitrogens with one attached hydrogen (secondary N) is 2. The van der Waals surface area contributed by atoms with E-state index in [0.29, 0.717) is 0 Å². The maximum absolute atomic E-state index is 12.9. The molecule has 0 spiro atoms. The number of imidazole rings is 1. The Labute approximate surface area is 215 Å². The number of aryl methyl sites for hydroxylation is 2. The van der Waals surface area contributed by atoms with Gasteiger partial charge in [0.1, 0.15) is 22.6 Å². The molecule has 4 aromatic heterocycles. The molecule has 1 aliphatic rings. The summed E-state index contributed by atoms with van der Waals surface area (Å²) in [5.41, 5.74) is 5.30. The van der Waals surface area contributed by atoms with Gasteiger partial charge in [-0.2, -0.15) is 0 Å². The number of amides is 1. The maximum atomic E-state index is 12.9. The van der Waals surface area contributed by atoms with Crippen molar-refractivity contribution in [1.29, 1.82) is 0 Å². The highest BCUT2D eigenvalue weighted by atomic mass is 16.3. The second-order valence-corrected chi connectivity index (χ2v) is 9.84.